The molecule has 4 nitrogen and oxygen atoms in total. The molecule has 94 valence electrons. The first-order chi connectivity index (χ1) is 9.13. The number of nitrogens with zero attached hydrogens (tertiary/aromatic N) is 2. The van der Waals surface area contributed by atoms with Crippen LogP contribution in [0.25, 0.3) is 11.1 Å². The second kappa shape index (κ2) is 5.32. The average molecular weight is 252 g/mol. The molecule has 0 fully saturated rings. The van der Waals surface area contributed by atoms with Gasteiger partial charge in [-0.1, -0.05) is 30.3 Å². The molecule has 2 rings (SSSR count). The van der Waals surface area contributed by atoms with Gasteiger partial charge < -0.3 is 0 Å². The van der Waals surface area contributed by atoms with E-state index in [0.29, 0.717) is 5.56 Å². The topological polar surface area (TPSA) is 66.9 Å². The Labute approximate surface area is 111 Å². The Kier molecular flexibility index (Phi) is 3.58. The number of nitriles is 1. The third-order valence-electron chi connectivity index (χ3n) is 2.99. The van der Waals surface area contributed by atoms with Gasteiger partial charge in [-0.2, -0.15) is 5.26 Å². The van der Waals surface area contributed by atoms with Gasteiger partial charge in [0.15, 0.2) is 0 Å². The zero-order valence-electron chi connectivity index (χ0n) is 10.4. The minimum Gasteiger partial charge on any atom is -0.258 e. The van der Waals surface area contributed by atoms with Crippen molar-refractivity contribution in [3.8, 4) is 17.2 Å². The molecule has 0 saturated heterocycles. The molecule has 19 heavy (non-hydrogen) atoms. The molecule has 0 aromatic heterocycles. The summed E-state index contributed by atoms with van der Waals surface area (Å²) in [5, 5.41) is 20.0. The van der Waals surface area contributed by atoms with Crippen molar-refractivity contribution in [2.75, 3.05) is 0 Å². The number of nitro groups is 1. The van der Waals surface area contributed by atoms with E-state index in [2.05, 4.69) is 6.07 Å². The Morgan fingerprint density at radius 1 is 1.21 bits per heavy atom. The molecular formula is C15H12N2O2. The van der Waals surface area contributed by atoms with Gasteiger partial charge in [0.2, 0.25) is 0 Å². The van der Waals surface area contributed by atoms with E-state index in [-0.39, 0.29) is 11.6 Å². The summed E-state index contributed by atoms with van der Waals surface area (Å²) in [6.07, 6.45) is 0. The maximum absolute atomic E-state index is 11.0. The lowest BCUT2D eigenvalue weighted by Crippen LogP contribution is -1.93. The molecule has 0 amide bonds. The summed E-state index contributed by atoms with van der Waals surface area (Å²) in [4.78, 5) is 10.6. The van der Waals surface area contributed by atoms with Crippen molar-refractivity contribution >= 4 is 5.69 Å². The molecule has 1 atom stereocenters. The van der Waals surface area contributed by atoms with Crippen LogP contribution in [0.1, 0.15) is 18.4 Å². The summed E-state index contributed by atoms with van der Waals surface area (Å²) in [7, 11) is 0. The zero-order chi connectivity index (χ0) is 13.8. The first-order valence-corrected chi connectivity index (χ1v) is 5.87. The molecule has 0 aliphatic heterocycles. The third kappa shape index (κ3) is 2.61. The molecule has 0 aliphatic rings. The van der Waals surface area contributed by atoms with Crippen LogP contribution in [0.2, 0.25) is 0 Å². The first kappa shape index (κ1) is 12.8. The lowest BCUT2D eigenvalue weighted by atomic mass is 9.96. The van der Waals surface area contributed by atoms with Crippen LogP contribution >= 0.6 is 0 Å². The summed E-state index contributed by atoms with van der Waals surface area (Å²) in [6, 6.07) is 16.1. The molecule has 0 aliphatic carbocycles. The molecule has 0 N–H and O–H groups in total. The van der Waals surface area contributed by atoms with Crippen molar-refractivity contribution in [1.29, 1.82) is 5.26 Å². The largest absolute Gasteiger partial charge is 0.277 e. The van der Waals surface area contributed by atoms with Gasteiger partial charge in [-0.05, 0) is 30.2 Å². The highest BCUT2D eigenvalue weighted by molar-refractivity contribution is 5.73. The number of benzene rings is 2. The van der Waals surface area contributed by atoms with E-state index in [1.807, 2.05) is 24.3 Å². The van der Waals surface area contributed by atoms with Gasteiger partial charge >= 0.3 is 0 Å². The lowest BCUT2D eigenvalue weighted by Gasteiger charge is -2.07. The smallest absolute Gasteiger partial charge is 0.258 e. The highest BCUT2D eigenvalue weighted by Gasteiger charge is 2.15. The summed E-state index contributed by atoms with van der Waals surface area (Å²) >= 11 is 0. The van der Waals surface area contributed by atoms with Gasteiger partial charge in [-0.25, -0.2) is 0 Å². The van der Waals surface area contributed by atoms with Crippen LogP contribution in [0.3, 0.4) is 0 Å². The average Bonchev–Trinajstić information content (AvgIpc) is 2.46. The molecule has 4 heteroatoms. The van der Waals surface area contributed by atoms with Crippen LogP contribution < -0.4 is 0 Å². The highest BCUT2D eigenvalue weighted by Crippen LogP contribution is 2.31. The van der Waals surface area contributed by atoms with E-state index in [1.54, 1.807) is 25.1 Å². The molecule has 0 heterocycles. The monoisotopic (exact) mass is 252 g/mol. The Bertz CT molecular complexity index is 659. The van der Waals surface area contributed by atoms with Gasteiger partial charge in [0.25, 0.3) is 5.69 Å². The lowest BCUT2D eigenvalue weighted by molar-refractivity contribution is -0.384. The van der Waals surface area contributed by atoms with Crippen molar-refractivity contribution in [2.24, 2.45) is 0 Å². The van der Waals surface area contributed by atoms with Crippen molar-refractivity contribution in [2.45, 2.75) is 12.8 Å². The minimum atomic E-state index is -0.393. The quantitative estimate of drug-likeness (QED) is 0.614. The second-order valence-electron chi connectivity index (χ2n) is 4.25. The van der Waals surface area contributed by atoms with Crippen LogP contribution in [0.15, 0.2) is 48.5 Å². The highest BCUT2D eigenvalue weighted by atomic mass is 16.6. The Morgan fingerprint density at radius 3 is 2.63 bits per heavy atom. The van der Waals surface area contributed by atoms with Gasteiger partial charge in [-0.3, -0.25) is 10.1 Å². The fraction of sp³-hybridized carbons (Fsp3) is 0.133. The maximum Gasteiger partial charge on any atom is 0.277 e. The van der Waals surface area contributed by atoms with E-state index in [1.165, 1.54) is 6.07 Å². The number of rotatable bonds is 3. The Balaban J connectivity index is 2.54. The van der Waals surface area contributed by atoms with Gasteiger partial charge in [0, 0.05) is 6.07 Å². The normalized spacial score (nSPS) is 11.6. The molecular weight excluding hydrogens is 240 g/mol. The van der Waals surface area contributed by atoms with E-state index >= 15 is 0 Å². The fourth-order valence-corrected chi connectivity index (χ4v) is 1.93. The molecule has 0 saturated carbocycles. The van der Waals surface area contributed by atoms with Crippen molar-refractivity contribution in [3.05, 3.63) is 64.2 Å². The molecule has 0 spiro atoms. The number of hydrogen-bond acceptors (Lipinski definition) is 3. The standard InChI is InChI=1S/C15H12N2O2/c1-11(10-16)12-5-4-6-13(9-12)14-7-2-3-8-15(14)17(18)19/h2-9,11H,1H3. The minimum absolute atomic E-state index is 0.0734. The van der Waals surface area contributed by atoms with E-state index in [9.17, 15) is 10.1 Å². The van der Waals surface area contributed by atoms with Crippen molar-refractivity contribution in [1.82, 2.24) is 0 Å². The summed E-state index contributed by atoms with van der Waals surface area (Å²) in [5.41, 5.74) is 2.26. The summed E-state index contributed by atoms with van der Waals surface area (Å²) in [6.45, 7) is 1.80. The predicted octanol–water partition coefficient (Wildman–Crippen LogP) is 3.89. The van der Waals surface area contributed by atoms with Gasteiger partial charge in [0.1, 0.15) is 0 Å². The number of hydrogen-bond donors (Lipinski definition) is 0. The van der Waals surface area contributed by atoms with E-state index < -0.39 is 4.92 Å². The maximum atomic E-state index is 11.0. The Morgan fingerprint density at radius 2 is 1.95 bits per heavy atom. The molecule has 2 aromatic carbocycles. The Hall–Kier alpha value is -2.67. The zero-order valence-corrected chi connectivity index (χ0v) is 10.4. The van der Waals surface area contributed by atoms with Gasteiger partial charge in [-0.15, -0.1) is 0 Å². The summed E-state index contributed by atoms with van der Waals surface area (Å²) < 4.78 is 0. The van der Waals surface area contributed by atoms with Crippen LogP contribution in [0, 0.1) is 21.4 Å². The van der Waals surface area contributed by atoms with E-state index in [4.69, 9.17) is 5.26 Å². The van der Waals surface area contributed by atoms with Crippen LogP contribution in [0.4, 0.5) is 5.69 Å². The third-order valence-corrected chi connectivity index (χ3v) is 2.99. The van der Waals surface area contributed by atoms with E-state index in [0.717, 1.165) is 11.1 Å². The van der Waals surface area contributed by atoms with Crippen LogP contribution in [0.5, 0.6) is 0 Å². The van der Waals surface area contributed by atoms with Gasteiger partial charge in [0.05, 0.1) is 22.5 Å². The summed E-state index contributed by atoms with van der Waals surface area (Å²) in [5.74, 6) is -0.234. The molecule has 0 radical (unpaired) electrons. The number of nitro benzene ring substituents is 1. The van der Waals surface area contributed by atoms with Crippen LogP contribution in [-0.2, 0) is 0 Å². The molecule has 2 aromatic rings. The van der Waals surface area contributed by atoms with Crippen molar-refractivity contribution < 1.29 is 4.92 Å². The second-order valence-corrected chi connectivity index (χ2v) is 4.25. The first-order valence-electron chi connectivity index (χ1n) is 5.87. The predicted molar refractivity (Wildman–Crippen MR) is 72.6 cm³/mol. The fourth-order valence-electron chi connectivity index (χ4n) is 1.93. The molecule has 0 bridgehead atoms. The van der Waals surface area contributed by atoms with Crippen molar-refractivity contribution in [3.63, 3.8) is 0 Å². The molecule has 1 unspecified atom stereocenters. The number of para-hydroxylation sites is 1. The SMILES string of the molecule is CC(C#N)c1cccc(-c2ccccc2[N+](=O)[O-])c1. The van der Waals surface area contributed by atoms with Crippen LogP contribution in [-0.4, -0.2) is 4.92 Å².